The van der Waals surface area contributed by atoms with E-state index in [1.54, 1.807) is 11.3 Å². The van der Waals surface area contributed by atoms with Gasteiger partial charge < -0.3 is 10.1 Å². The van der Waals surface area contributed by atoms with E-state index in [4.69, 9.17) is 4.74 Å². The maximum atomic E-state index is 5.91. The predicted molar refractivity (Wildman–Crippen MR) is 74.3 cm³/mol. The molecule has 0 saturated carbocycles. The third-order valence-corrected chi connectivity index (χ3v) is 4.15. The van der Waals surface area contributed by atoms with Gasteiger partial charge in [-0.25, -0.2) is 0 Å². The van der Waals surface area contributed by atoms with Crippen molar-refractivity contribution in [2.75, 3.05) is 20.2 Å². The highest BCUT2D eigenvalue weighted by atomic mass is 32.1. The number of benzene rings is 1. The first-order chi connectivity index (χ1) is 8.90. The van der Waals surface area contributed by atoms with Gasteiger partial charge in [0.25, 0.3) is 0 Å². The van der Waals surface area contributed by atoms with Crippen molar-refractivity contribution in [3.8, 4) is 16.2 Å². The first-order valence-corrected chi connectivity index (χ1v) is 7.07. The van der Waals surface area contributed by atoms with E-state index in [-0.39, 0.29) is 0 Å². The summed E-state index contributed by atoms with van der Waals surface area (Å²) in [6.45, 7) is 1.80. The van der Waals surface area contributed by atoms with Crippen LogP contribution in [0.4, 0.5) is 0 Å². The summed E-state index contributed by atoms with van der Waals surface area (Å²) >= 11 is 1.66. The largest absolute Gasteiger partial charge is 0.493 e. The number of hydrogen-bond acceptors (Lipinski definition) is 4. The van der Waals surface area contributed by atoms with Gasteiger partial charge in [0.15, 0.2) is 0 Å². The van der Waals surface area contributed by atoms with Gasteiger partial charge in [0.2, 0.25) is 0 Å². The van der Waals surface area contributed by atoms with Gasteiger partial charge in [0.1, 0.15) is 5.75 Å². The fourth-order valence-electron chi connectivity index (χ4n) is 2.50. The van der Waals surface area contributed by atoms with Crippen LogP contribution in [0.15, 0.2) is 29.9 Å². The zero-order valence-corrected chi connectivity index (χ0v) is 11.2. The van der Waals surface area contributed by atoms with Crippen LogP contribution in [-0.2, 0) is 0 Å². The Balaban J connectivity index is 2.06. The molecule has 2 aromatic rings. The Hall–Kier alpha value is -1.39. The van der Waals surface area contributed by atoms with Crippen molar-refractivity contribution >= 4 is 11.3 Å². The van der Waals surface area contributed by atoms with Gasteiger partial charge in [0, 0.05) is 24.2 Å². The van der Waals surface area contributed by atoms with Gasteiger partial charge in [-0.05, 0) is 25.1 Å². The summed E-state index contributed by atoms with van der Waals surface area (Å²) in [4.78, 5) is 5.33. The van der Waals surface area contributed by atoms with Gasteiger partial charge in [-0.1, -0.05) is 12.1 Å². The SMILES string of the molecule is CNC[C@@H]1CCOc2c(-c3cncs3)cccc21. The second-order valence-electron chi connectivity index (χ2n) is 4.48. The van der Waals surface area contributed by atoms with Crippen molar-refractivity contribution in [3.63, 3.8) is 0 Å². The van der Waals surface area contributed by atoms with Crippen LogP contribution in [0.5, 0.6) is 5.75 Å². The minimum absolute atomic E-state index is 0.548. The molecule has 0 saturated heterocycles. The number of para-hydroxylation sites is 1. The molecule has 0 unspecified atom stereocenters. The number of likely N-dealkylation sites (N-methyl/N-ethyl adjacent to an activating group) is 1. The zero-order valence-electron chi connectivity index (χ0n) is 10.3. The summed E-state index contributed by atoms with van der Waals surface area (Å²) in [5, 5.41) is 3.27. The molecule has 1 aromatic heterocycles. The lowest BCUT2D eigenvalue weighted by atomic mass is 9.91. The maximum absolute atomic E-state index is 5.91. The van der Waals surface area contributed by atoms with Crippen LogP contribution < -0.4 is 10.1 Å². The molecular formula is C14H16N2OS. The standard InChI is InChI=1S/C14H16N2OS/c1-15-7-10-5-6-17-14-11(10)3-2-4-12(14)13-8-16-9-18-13/h2-4,8-10,15H,5-7H2,1H3/t10-/m0/s1. The first-order valence-electron chi connectivity index (χ1n) is 6.19. The molecule has 1 aromatic carbocycles. The quantitative estimate of drug-likeness (QED) is 0.921. The highest BCUT2D eigenvalue weighted by molar-refractivity contribution is 7.13. The van der Waals surface area contributed by atoms with Crippen molar-refractivity contribution in [2.45, 2.75) is 12.3 Å². The van der Waals surface area contributed by atoms with E-state index >= 15 is 0 Å². The molecule has 1 aliphatic heterocycles. The number of nitrogens with one attached hydrogen (secondary N) is 1. The van der Waals surface area contributed by atoms with Gasteiger partial charge >= 0.3 is 0 Å². The van der Waals surface area contributed by atoms with E-state index in [0.717, 1.165) is 25.3 Å². The average Bonchev–Trinajstić information content (AvgIpc) is 2.93. The van der Waals surface area contributed by atoms with Crippen molar-refractivity contribution in [3.05, 3.63) is 35.5 Å². The summed E-state index contributed by atoms with van der Waals surface area (Å²) in [7, 11) is 2.00. The second kappa shape index (κ2) is 5.08. The maximum Gasteiger partial charge on any atom is 0.131 e. The van der Waals surface area contributed by atoms with Crippen molar-refractivity contribution in [1.29, 1.82) is 0 Å². The molecule has 0 radical (unpaired) electrons. The smallest absolute Gasteiger partial charge is 0.131 e. The number of hydrogen-bond donors (Lipinski definition) is 1. The molecule has 1 aliphatic rings. The Kier molecular flexibility index (Phi) is 3.30. The molecule has 0 fully saturated rings. The number of rotatable bonds is 3. The summed E-state index contributed by atoms with van der Waals surface area (Å²) in [6, 6.07) is 6.42. The Morgan fingerprint density at radius 1 is 1.50 bits per heavy atom. The predicted octanol–water partition coefficient (Wildman–Crippen LogP) is 2.90. The average molecular weight is 260 g/mol. The molecule has 1 atom stereocenters. The molecule has 3 nitrogen and oxygen atoms in total. The molecule has 1 N–H and O–H groups in total. The number of thiazole rings is 1. The summed E-state index contributed by atoms with van der Waals surface area (Å²) in [5.74, 6) is 1.60. The van der Waals surface area contributed by atoms with E-state index in [9.17, 15) is 0 Å². The third kappa shape index (κ3) is 2.02. The van der Waals surface area contributed by atoms with Crippen molar-refractivity contribution in [1.82, 2.24) is 10.3 Å². The van der Waals surface area contributed by atoms with Crippen LogP contribution in [0.3, 0.4) is 0 Å². The van der Waals surface area contributed by atoms with Crippen LogP contribution in [0.1, 0.15) is 17.9 Å². The van der Waals surface area contributed by atoms with Crippen molar-refractivity contribution < 1.29 is 4.74 Å². The molecule has 2 heterocycles. The highest BCUT2D eigenvalue weighted by Gasteiger charge is 2.23. The summed E-state index contributed by atoms with van der Waals surface area (Å²) in [5.41, 5.74) is 4.36. The molecule has 4 heteroatoms. The molecule has 0 aliphatic carbocycles. The Morgan fingerprint density at radius 2 is 2.44 bits per heavy atom. The molecule has 18 heavy (non-hydrogen) atoms. The first kappa shape index (κ1) is 11.7. The van der Waals surface area contributed by atoms with Gasteiger partial charge in [0.05, 0.1) is 17.0 Å². The number of nitrogens with zero attached hydrogens (tertiary/aromatic N) is 1. The molecular weight excluding hydrogens is 244 g/mol. The number of ether oxygens (including phenoxy) is 1. The van der Waals surface area contributed by atoms with Crippen LogP contribution in [0, 0.1) is 0 Å². The Labute approximate surface area is 111 Å². The van der Waals surface area contributed by atoms with Gasteiger partial charge in [-0.2, -0.15) is 0 Å². The number of aromatic nitrogens is 1. The van der Waals surface area contributed by atoms with Gasteiger partial charge in [-0.15, -0.1) is 11.3 Å². The van der Waals surface area contributed by atoms with E-state index in [1.807, 2.05) is 18.8 Å². The summed E-state index contributed by atoms with van der Waals surface area (Å²) in [6.07, 6.45) is 2.99. The molecule has 94 valence electrons. The Bertz CT molecular complexity index is 525. The van der Waals surface area contributed by atoms with E-state index in [1.165, 1.54) is 16.0 Å². The van der Waals surface area contributed by atoms with E-state index in [0.29, 0.717) is 5.92 Å². The van der Waals surface area contributed by atoms with E-state index in [2.05, 4.69) is 28.5 Å². The lowest BCUT2D eigenvalue weighted by molar-refractivity contribution is 0.267. The van der Waals surface area contributed by atoms with Crippen LogP contribution in [-0.4, -0.2) is 25.2 Å². The Morgan fingerprint density at radius 3 is 3.22 bits per heavy atom. The minimum atomic E-state index is 0.548. The molecule has 3 rings (SSSR count). The van der Waals surface area contributed by atoms with Crippen LogP contribution in [0.25, 0.3) is 10.4 Å². The molecule has 0 amide bonds. The third-order valence-electron chi connectivity index (χ3n) is 3.35. The summed E-state index contributed by atoms with van der Waals surface area (Å²) < 4.78 is 5.91. The van der Waals surface area contributed by atoms with Crippen molar-refractivity contribution in [2.24, 2.45) is 0 Å². The molecule has 0 bridgehead atoms. The zero-order chi connectivity index (χ0) is 12.4. The van der Waals surface area contributed by atoms with E-state index < -0.39 is 0 Å². The van der Waals surface area contributed by atoms with Gasteiger partial charge in [-0.3, -0.25) is 4.98 Å². The monoisotopic (exact) mass is 260 g/mol. The fourth-order valence-corrected chi connectivity index (χ4v) is 3.14. The normalized spacial score (nSPS) is 18.2. The highest BCUT2D eigenvalue weighted by Crippen LogP contribution is 2.41. The lowest BCUT2D eigenvalue weighted by Gasteiger charge is -2.27. The van der Waals surface area contributed by atoms with Crippen LogP contribution in [0.2, 0.25) is 0 Å². The molecule has 0 spiro atoms. The second-order valence-corrected chi connectivity index (χ2v) is 5.37. The number of fused-ring (bicyclic) bond motifs is 1. The lowest BCUT2D eigenvalue weighted by Crippen LogP contribution is -2.23. The minimum Gasteiger partial charge on any atom is -0.493 e. The fraction of sp³-hybridized carbons (Fsp3) is 0.357. The topological polar surface area (TPSA) is 34.1 Å². The van der Waals surface area contributed by atoms with Crippen LogP contribution >= 0.6 is 11.3 Å².